The summed E-state index contributed by atoms with van der Waals surface area (Å²) in [6, 6.07) is 11.0. The molecular weight excluding hydrogens is 386 g/mol. The highest BCUT2D eigenvalue weighted by molar-refractivity contribution is 6.30. The molecule has 0 aliphatic carbocycles. The van der Waals surface area contributed by atoms with E-state index in [1.54, 1.807) is 17.0 Å². The van der Waals surface area contributed by atoms with Gasteiger partial charge < -0.3 is 10.2 Å². The zero-order valence-electron chi connectivity index (χ0n) is 15.3. The molecular formula is C21H21ClF2N2O2. The highest BCUT2D eigenvalue weighted by Crippen LogP contribution is 2.20. The van der Waals surface area contributed by atoms with E-state index in [-0.39, 0.29) is 30.3 Å². The van der Waals surface area contributed by atoms with Crippen molar-refractivity contribution in [3.05, 3.63) is 70.2 Å². The maximum atomic E-state index is 13.7. The molecule has 0 bridgehead atoms. The van der Waals surface area contributed by atoms with Gasteiger partial charge in [0.25, 0.3) is 0 Å². The molecule has 2 aromatic rings. The molecule has 7 heteroatoms. The fraction of sp³-hybridized carbons (Fsp3) is 0.333. The third-order valence-electron chi connectivity index (χ3n) is 4.96. The van der Waals surface area contributed by atoms with Gasteiger partial charge in [0, 0.05) is 36.6 Å². The molecule has 3 rings (SSSR count). The summed E-state index contributed by atoms with van der Waals surface area (Å²) in [5, 5.41) is 3.25. The standard InChI is InChI=1S/C21H21ClF2N2O2/c22-16-7-4-14(5-8-16)10-11-26-13-15(6-9-20(26)27)21(28)25-12-17-18(23)2-1-3-19(17)24/h1-5,7-8,15H,6,9-13H2,(H,25,28)/t15-/m1/s1. The fourth-order valence-corrected chi connectivity index (χ4v) is 3.41. The Morgan fingerprint density at radius 3 is 2.50 bits per heavy atom. The normalized spacial score (nSPS) is 16.9. The number of halogens is 3. The van der Waals surface area contributed by atoms with Gasteiger partial charge in [-0.2, -0.15) is 0 Å². The van der Waals surface area contributed by atoms with E-state index in [1.165, 1.54) is 6.07 Å². The summed E-state index contributed by atoms with van der Waals surface area (Å²) >= 11 is 5.88. The van der Waals surface area contributed by atoms with Gasteiger partial charge in [-0.15, -0.1) is 0 Å². The Hall–Kier alpha value is -2.47. The number of nitrogens with one attached hydrogen (secondary N) is 1. The number of likely N-dealkylation sites (tertiary alicyclic amines) is 1. The minimum atomic E-state index is -0.691. The fourth-order valence-electron chi connectivity index (χ4n) is 3.28. The van der Waals surface area contributed by atoms with Crippen molar-refractivity contribution in [2.75, 3.05) is 13.1 Å². The minimum absolute atomic E-state index is 0.0122. The molecule has 1 heterocycles. The highest BCUT2D eigenvalue weighted by Gasteiger charge is 2.30. The van der Waals surface area contributed by atoms with Crippen LogP contribution < -0.4 is 5.32 Å². The first kappa shape index (κ1) is 20.3. The molecule has 1 atom stereocenters. The molecule has 0 saturated carbocycles. The van der Waals surface area contributed by atoms with Gasteiger partial charge in [0.15, 0.2) is 0 Å². The number of nitrogens with zero attached hydrogens (tertiary/aromatic N) is 1. The Kier molecular flexibility index (Phi) is 6.62. The molecule has 0 spiro atoms. The second-order valence-electron chi connectivity index (χ2n) is 6.87. The first-order valence-corrected chi connectivity index (χ1v) is 9.54. The van der Waals surface area contributed by atoms with Crippen LogP contribution in [0.25, 0.3) is 0 Å². The van der Waals surface area contributed by atoms with Crippen molar-refractivity contribution in [1.29, 1.82) is 0 Å². The summed E-state index contributed by atoms with van der Waals surface area (Å²) in [7, 11) is 0. The number of amides is 2. The number of carbonyl (C=O) groups is 2. The van der Waals surface area contributed by atoms with E-state index in [1.807, 2.05) is 12.1 Å². The van der Waals surface area contributed by atoms with Crippen LogP contribution in [0.3, 0.4) is 0 Å². The molecule has 1 N–H and O–H groups in total. The predicted octanol–water partition coefficient (Wildman–Crippen LogP) is 3.72. The van der Waals surface area contributed by atoms with E-state index in [0.717, 1.165) is 17.7 Å². The smallest absolute Gasteiger partial charge is 0.225 e. The molecule has 1 saturated heterocycles. The van der Waals surface area contributed by atoms with Crippen LogP contribution in [0.1, 0.15) is 24.0 Å². The zero-order chi connectivity index (χ0) is 20.1. The molecule has 2 amide bonds. The van der Waals surface area contributed by atoms with Crippen molar-refractivity contribution < 1.29 is 18.4 Å². The predicted molar refractivity (Wildman–Crippen MR) is 103 cm³/mol. The van der Waals surface area contributed by atoms with Gasteiger partial charge in [0.2, 0.25) is 11.8 Å². The minimum Gasteiger partial charge on any atom is -0.352 e. The van der Waals surface area contributed by atoms with Crippen molar-refractivity contribution in [1.82, 2.24) is 10.2 Å². The van der Waals surface area contributed by atoms with Gasteiger partial charge in [-0.25, -0.2) is 8.78 Å². The quantitative estimate of drug-likeness (QED) is 0.795. The lowest BCUT2D eigenvalue weighted by atomic mass is 9.96. The Labute approximate surface area is 167 Å². The number of hydrogen-bond donors (Lipinski definition) is 1. The molecule has 2 aromatic carbocycles. The topological polar surface area (TPSA) is 49.4 Å². The third-order valence-corrected chi connectivity index (χ3v) is 5.21. The summed E-state index contributed by atoms with van der Waals surface area (Å²) in [6.07, 6.45) is 1.38. The van der Waals surface area contributed by atoms with Crippen molar-refractivity contribution in [2.24, 2.45) is 5.92 Å². The molecule has 1 aliphatic rings. The third kappa shape index (κ3) is 5.07. The van der Waals surface area contributed by atoms with E-state index in [2.05, 4.69) is 5.32 Å². The molecule has 1 aliphatic heterocycles. The van der Waals surface area contributed by atoms with Crippen LogP contribution in [0.2, 0.25) is 5.02 Å². The summed E-state index contributed by atoms with van der Waals surface area (Å²) in [4.78, 5) is 26.3. The van der Waals surface area contributed by atoms with Gasteiger partial charge in [0.05, 0.1) is 5.92 Å². The molecule has 0 aromatic heterocycles. The van der Waals surface area contributed by atoms with Crippen LogP contribution in [-0.2, 0) is 22.6 Å². The Balaban J connectivity index is 1.54. The van der Waals surface area contributed by atoms with Crippen LogP contribution in [0.15, 0.2) is 42.5 Å². The van der Waals surface area contributed by atoms with Crippen LogP contribution in [0.5, 0.6) is 0 Å². The summed E-state index contributed by atoms with van der Waals surface area (Å²) in [5.74, 6) is -2.06. The van der Waals surface area contributed by atoms with Gasteiger partial charge >= 0.3 is 0 Å². The lowest BCUT2D eigenvalue weighted by molar-refractivity contribution is -0.138. The Morgan fingerprint density at radius 2 is 1.82 bits per heavy atom. The van der Waals surface area contributed by atoms with Gasteiger partial charge in [0.1, 0.15) is 11.6 Å². The van der Waals surface area contributed by atoms with Crippen molar-refractivity contribution in [3.8, 4) is 0 Å². The van der Waals surface area contributed by atoms with E-state index >= 15 is 0 Å². The van der Waals surface area contributed by atoms with Gasteiger partial charge in [-0.05, 0) is 42.7 Å². The van der Waals surface area contributed by atoms with E-state index in [9.17, 15) is 18.4 Å². The molecule has 0 unspecified atom stereocenters. The number of carbonyl (C=O) groups excluding carboxylic acids is 2. The summed E-state index contributed by atoms with van der Waals surface area (Å²) in [5.41, 5.74) is 0.890. The summed E-state index contributed by atoms with van der Waals surface area (Å²) < 4.78 is 27.4. The van der Waals surface area contributed by atoms with Crippen molar-refractivity contribution >= 4 is 23.4 Å². The Bertz CT molecular complexity index is 838. The van der Waals surface area contributed by atoms with Crippen molar-refractivity contribution in [3.63, 3.8) is 0 Å². The zero-order valence-corrected chi connectivity index (χ0v) is 16.0. The SMILES string of the molecule is O=C(NCc1c(F)cccc1F)[C@@H]1CCC(=O)N(CCc2ccc(Cl)cc2)C1. The highest BCUT2D eigenvalue weighted by atomic mass is 35.5. The molecule has 4 nitrogen and oxygen atoms in total. The molecule has 28 heavy (non-hydrogen) atoms. The number of piperidine rings is 1. The van der Waals surface area contributed by atoms with E-state index in [0.29, 0.717) is 31.0 Å². The van der Waals surface area contributed by atoms with Crippen LogP contribution in [0, 0.1) is 17.6 Å². The number of benzene rings is 2. The van der Waals surface area contributed by atoms with Crippen LogP contribution in [-0.4, -0.2) is 29.8 Å². The largest absolute Gasteiger partial charge is 0.352 e. The average molecular weight is 407 g/mol. The van der Waals surface area contributed by atoms with Crippen LogP contribution >= 0.6 is 11.6 Å². The summed E-state index contributed by atoms with van der Waals surface area (Å²) in [6.45, 7) is 0.594. The van der Waals surface area contributed by atoms with E-state index < -0.39 is 17.6 Å². The lowest BCUT2D eigenvalue weighted by Gasteiger charge is -2.32. The molecule has 148 valence electrons. The Morgan fingerprint density at radius 1 is 1.14 bits per heavy atom. The van der Waals surface area contributed by atoms with E-state index in [4.69, 9.17) is 11.6 Å². The monoisotopic (exact) mass is 406 g/mol. The number of rotatable bonds is 6. The average Bonchev–Trinajstić information content (AvgIpc) is 2.68. The first-order valence-electron chi connectivity index (χ1n) is 9.17. The van der Waals surface area contributed by atoms with Gasteiger partial charge in [-0.3, -0.25) is 9.59 Å². The maximum Gasteiger partial charge on any atom is 0.225 e. The number of hydrogen-bond acceptors (Lipinski definition) is 2. The first-order chi connectivity index (χ1) is 13.4. The molecule has 0 radical (unpaired) electrons. The second-order valence-corrected chi connectivity index (χ2v) is 7.31. The van der Waals surface area contributed by atoms with Gasteiger partial charge in [-0.1, -0.05) is 29.8 Å². The maximum absolute atomic E-state index is 13.7. The van der Waals surface area contributed by atoms with Crippen LogP contribution in [0.4, 0.5) is 8.78 Å². The molecule has 1 fully saturated rings. The lowest BCUT2D eigenvalue weighted by Crippen LogP contribution is -2.46. The van der Waals surface area contributed by atoms with Crippen molar-refractivity contribution in [2.45, 2.75) is 25.8 Å². The second kappa shape index (κ2) is 9.15.